The first-order valence-corrected chi connectivity index (χ1v) is 14.0. The molecule has 0 unspecified atom stereocenters. The monoisotopic (exact) mass is 599 g/mol. The number of halogens is 1. The lowest BCUT2D eigenvalue weighted by Gasteiger charge is -2.16. The Kier molecular flexibility index (Phi) is 6.87. The molecule has 1 aromatic heterocycles. The van der Waals surface area contributed by atoms with E-state index in [-0.39, 0.29) is 27.0 Å². The molecule has 3 amide bonds. The van der Waals surface area contributed by atoms with Gasteiger partial charge in [0.15, 0.2) is 4.32 Å². The van der Waals surface area contributed by atoms with Crippen molar-refractivity contribution in [2.45, 2.75) is 6.92 Å². The maximum Gasteiger partial charge on any atom is 0.296 e. The van der Waals surface area contributed by atoms with E-state index in [4.69, 9.17) is 12.2 Å². The highest BCUT2D eigenvalue weighted by atomic mass is 32.2. The van der Waals surface area contributed by atoms with Crippen LogP contribution in [0.4, 0.5) is 21.5 Å². The van der Waals surface area contributed by atoms with Crippen LogP contribution in [-0.4, -0.2) is 38.0 Å². The van der Waals surface area contributed by atoms with Crippen LogP contribution in [0.15, 0.2) is 88.6 Å². The first-order chi connectivity index (χ1) is 20.2. The number of nitrogens with zero attached hydrogens (tertiary/aromatic N) is 4. The molecule has 0 atom stereocenters. The van der Waals surface area contributed by atoms with Crippen LogP contribution in [0.5, 0.6) is 0 Å². The number of para-hydroxylation sites is 2. The van der Waals surface area contributed by atoms with Crippen molar-refractivity contribution in [3.8, 4) is 5.69 Å². The molecular formula is C30H22FN5O4S2. The minimum Gasteiger partial charge on any atom is -0.325 e. The summed E-state index contributed by atoms with van der Waals surface area (Å²) in [6, 6.07) is 21.1. The number of thiocarbonyl (C=S) groups is 1. The van der Waals surface area contributed by atoms with Gasteiger partial charge in [-0.25, -0.2) is 9.07 Å². The predicted octanol–water partition coefficient (Wildman–Crippen LogP) is 4.38. The summed E-state index contributed by atoms with van der Waals surface area (Å²) < 4.78 is 16.5. The zero-order valence-corrected chi connectivity index (χ0v) is 24.0. The van der Waals surface area contributed by atoms with Crippen molar-refractivity contribution in [2.24, 2.45) is 7.05 Å². The van der Waals surface area contributed by atoms with Gasteiger partial charge in [-0.2, -0.15) is 0 Å². The minimum atomic E-state index is -0.591. The molecule has 0 bridgehead atoms. The average molecular weight is 600 g/mol. The number of hydrogen-bond donors (Lipinski definition) is 1. The van der Waals surface area contributed by atoms with Gasteiger partial charge in [0, 0.05) is 18.3 Å². The Hall–Kier alpha value is -4.81. The number of carbonyl (C=O) groups is 3. The summed E-state index contributed by atoms with van der Waals surface area (Å²) in [5.74, 6) is -2.08. The van der Waals surface area contributed by atoms with Crippen molar-refractivity contribution in [3.63, 3.8) is 0 Å². The molecule has 6 rings (SSSR count). The standard InChI is InChI=1S/C30H22FN5O4S2/c1-17-25(28(39)36(33(17)2)20-8-4-3-5-9-20)35-29(40)26(42-30(35)41)24-21-10-6-7-11-22(21)34(27(24)38)16-23(37)32-19-14-12-18(31)13-15-19/h3-15H,16H2,1-2H3,(H,32,37)/b26-24-. The molecule has 4 aromatic rings. The summed E-state index contributed by atoms with van der Waals surface area (Å²) in [7, 11) is 1.72. The van der Waals surface area contributed by atoms with Crippen LogP contribution in [0.25, 0.3) is 11.3 Å². The Bertz CT molecular complexity index is 1900. The lowest BCUT2D eigenvalue weighted by molar-refractivity contribution is -0.118. The van der Waals surface area contributed by atoms with E-state index in [9.17, 15) is 23.6 Å². The fraction of sp³-hybridized carbons (Fsp3) is 0.100. The molecular weight excluding hydrogens is 577 g/mol. The zero-order valence-electron chi connectivity index (χ0n) is 22.3. The van der Waals surface area contributed by atoms with Crippen LogP contribution in [0, 0.1) is 12.7 Å². The molecule has 1 saturated heterocycles. The Labute approximate surface area is 248 Å². The van der Waals surface area contributed by atoms with E-state index < -0.39 is 29.1 Å². The van der Waals surface area contributed by atoms with Gasteiger partial charge in [-0.1, -0.05) is 60.4 Å². The third-order valence-electron chi connectivity index (χ3n) is 7.10. The first-order valence-electron chi connectivity index (χ1n) is 12.8. The highest BCUT2D eigenvalue weighted by molar-refractivity contribution is 8.27. The summed E-state index contributed by atoms with van der Waals surface area (Å²) in [5, 5.41) is 2.65. The molecule has 0 aliphatic carbocycles. The number of anilines is 3. The molecule has 9 nitrogen and oxygen atoms in total. The van der Waals surface area contributed by atoms with E-state index in [0.29, 0.717) is 28.3 Å². The molecule has 3 heterocycles. The number of fused-ring (bicyclic) bond motifs is 1. The Balaban J connectivity index is 1.36. The van der Waals surface area contributed by atoms with Crippen LogP contribution >= 0.6 is 24.0 Å². The molecule has 1 fully saturated rings. The van der Waals surface area contributed by atoms with E-state index >= 15 is 0 Å². The van der Waals surface area contributed by atoms with Gasteiger partial charge < -0.3 is 5.32 Å². The summed E-state index contributed by atoms with van der Waals surface area (Å²) in [4.78, 5) is 56.8. The molecule has 42 heavy (non-hydrogen) atoms. The van der Waals surface area contributed by atoms with Crippen LogP contribution in [-0.2, 0) is 21.4 Å². The van der Waals surface area contributed by atoms with Crippen LogP contribution in [0.2, 0.25) is 0 Å². The normalized spacial score (nSPS) is 16.4. The van der Waals surface area contributed by atoms with Crippen LogP contribution in [0.1, 0.15) is 11.3 Å². The molecule has 210 valence electrons. The SMILES string of the molecule is Cc1c(N2C(=O)/C(=C3/C(=O)N(CC(=O)Nc4ccc(F)cc4)c4ccccc43)SC2=S)c(=O)n(-c2ccccc2)n1C. The summed E-state index contributed by atoms with van der Waals surface area (Å²) >= 11 is 6.52. The predicted molar refractivity (Wildman–Crippen MR) is 164 cm³/mol. The van der Waals surface area contributed by atoms with Gasteiger partial charge in [-0.05, 0) is 49.4 Å². The maximum absolute atomic E-state index is 13.9. The average Bonchev–Trinajstić information content (AvgIpc) is 3.50. The largest absolute Gasteiger partial charge is 0.325 e. The minimum absolute atomic E-state index is 0.0767. The zero-order chi connectivity index (χ0) is 29.7. The molecule has 2 aliphatic rings. The smallest absolute Gasteiger partial charge is 0.296 e. The third-order valence-corrected chi connectivity index (χ3v) is 8.47. The number of rotatable bonds is 5. The summed E-state index contributed by atoms with van der Waals surface area (Å²) in [5.41, 5.74) is 2.23. The number of benzene rings is 3. The summed E-state index contributed by atoms with van der Waals surface area (Å²) in [6.45, 7) is 1.38. The second kappa shape index (κ2) is 10.5. The summed E-state index contributed by atoms with van der Waals surface area (Å²) in [6.07, 6.45) is 0. The first kappa shape index (κ1) is 27.4. The third kappa shape index (κ3) is 4.45. The van der Waals surface area contributed by atoms with E-state index in [1.54, 1.807) is 55.1 Å². The molecule has 0 saturated carbocycles. The van der Waals surface area contributed by atoms with E-state index in [1.807, 2.05) is 18.2 Å². The van der Waals surface area contributed by atoms with Crippen molar-refractivity contribution >= 4 is 68.7 Å². The van der Waals surface area contributed by atoms with Crippen LogP contribution in [0.3, 0.4) is 0 Å². The van der Waals surface area contributed by atoms with E-state index in [0.717, 1.165) is 11.8 Å². The molecule has 3 aromatic carbocycles. The number of amides is 3. The fourth-order valence-electron chi connectivity index (χ4n) is 5.06. The Morgan fingerprint density at radius 2 is 1.60 bits per heavy atom. The van der Waals surface area contributed by atoms with Gasteiger partial charge in [-0.15, -0.1) is 0 Å². The van der Waals surface area contributed by atoms with Gasteiger partial charge in [0.2, 0.25) is 5.91 Å². The van der Waals surface area contributed by atoms with E-state index in [2.05, 4.69) is 5.32 Å². The number of nitrogens with one attached hydrogen (secondary N) is 1. The lowest BCUT2D eigenvalue weighted by atomic mass is 10.1. The number of hydrogen-bond acceptors (Lipinski definition) is 6. The van der Waals surface area contributed by atoms with Gasteiger partial charge in [0.05, 0.1) is 27.5 Å². The highest BCUT2D eigenvalue weighted by Crippen LogP contribution is 2.45. The number of thioether (sulfide) groups is 1. The Morgan fingerprint density at radius 3 is 2.31 bits per heavy atom. The highest BCUT2D eigenvalue weighted by Gasteiger charge is 2.44. The van der Waals surface area contributed by atoms with Crippen molar-refractivity contribution in [2.75, 3.05) is 21.7 Å². The van der Waals surface area contributed by atoms with Crippen molar-refractivity contribution in [1.29, 1.82) is 0 Å². The van der Waals surface area contributed by atoms with Crippen molar-refractivity contribution in [3.05, 3.63) is 111 Å². The molecule has 0 radical (unpaired) electrons. The molecule has 0 spiro atoms. The van der Waals surface area contributed by atoms with Crippen molar-refractivity contribution < 1.29 is 18.8 Å². The Morgan fingerprint density at radius 1 is 0.929 bits per heavy atom. The quantitative estimate of drug-likeness (QED) is 0.270. The lowest BCUT2D eigenvalue weighted by Crippen LogP contribution is -2.36. The topological polar surface area (TPSA) is 96.7 Å². The van der Waals surface area contributed by atoms with Gasteiger partial charge in [0.25, 0.3) is 17.4 Å². The van der Waals surface area contributed by atoms with E-state index in [1.165, 1.54) is 38.7 Å². The van der Waals surface area contributed by atoms with Gasteiger partial charge in [-0.3, -0.25) is 33.7 Å². The molecule has 1 N–H and O–H groups in total. The fourth-order valence-corrected chi connectivity index (χ4v) is 6.40. The van der Waals surface area contributed by atoms with Crippen LogP contribution < -0.4 is 20.7 Å². The maximum atomic E-state index is 13.9. The molecule has 12 heteroatoms. The second-order valence-corrected chi connectivity index (χ2v) is 11.2. The van der Waals surface area contributed by atoms with Gasteiger partial charge >= 0.3 is 0 Å². The van der Waals surface area contributed by atoms with Gasteiger partial charge in [0.1, 0.15) is 18.0 Å². The second-order valence-electron chi connectivity index (χ2n) is 9.59. The van der Waals surface area contributed by atoms with Crippen molar-refractivity contribution in [1.82, 2.24) is 9.36 Å². The number of aromatic nitrogens is 2. The molecule has 2 aliphatic heterocycles. The number of carbonyl (C=O) groups excluding carboxylic acids is 3.